The van der Waals surface area contributed by atoms with Gasteiger partial charge in [-0.25, -0.2) is 9.78 Å². The second-order valence-corrected chi connectivity index (χ2v) is 4.78. The van der Waals surface area contributed by atoms with E-state index in [1.54, 1.807) is 0 Å². The summed E-state index contributed by atoms with van der Waals surface area (Å²) >= 11 is 9.64. The highest BCUT2D eigenvalue weighted by Crippen LogP contribution is 2.34. The lowest BCUT2D eigenvalue weighted by molar-refractivity contribution is -0.138. The van der Waals surface area contributed by atoms with Crippen molar-refractivity contribution in [3.05, 3.63) is 52.8 Å². The van der Waals surface area contributed by atoms with E-state index >= 15 is 0 Å². The molecule has 0 unspecified atom stereocenters. The molecule has 0 N–H and O–H groups in total. The molecule has 2 aromatic rings. The van der Waals surface area contributed by atoms with E-state index < -0.39 is 28.4 Å². The van der Waals surface area contributed by atoms with Gasteiger partial charge in [-0.3, -0.25) is 0 Å². The number of carbonyl (C=O) groups is 1. The number of ether oxygens (including phenoxy) is 1. The summed E-state index contributed by atoms with van der Waals surface area (Å²) in [5, 5.41) is -0.569. The number of thiol groups is 1. The van der Waals surface area contributed by atoms with Gasteiger partial charge in [-0.15, -0.1) is 12.6 Å². The van der Waals surface area contributed by atoms with Crippen LogP contribution in [0.25, 0.3) is 0 Å². The van der Waals surface area contributed by atoms with E-state index in [0.717, 1.165) is 6.20 Å². The lowest BCUT2D eigenvalue weighted by atomic mass is 10.1. The van der Waals surface area contributed by atoms with E-state index in [9.17, 15) is 18.0 Å². The summed E-state index contributed by atoms with van der Waals surface area (Å²) in [6, 6.07) is 6.53. The summed E-state index contributed by atoms with van der Waals surface area (Å²) in [6.45, 7) is 0. The third kappa shape index (κ3) is 3.68. The second kappa shape index (κ2) is 5.95. The summed E-state index contributed by atoms with van der Waals surface area (Å²) in [7, 11) is 0. The molecule has 1 aromatic heterocycles. The van der Waals surface area contributed by atoms with E-state index in [-0.39, 0.29) is 5.75 Å². The fourth-order valence-corrected chi connectivity index (χ4v) is 1.92. The molecule has 0 amide bonds. The zero-order chi connectivity index (χ0) is 15.6. The normalized spacial score (nSPS) is 11.3. The first-order valence-corrected chi connectivity index (χ1v) is 6.34. The molecule has 0 aliphatic heterocycles. The fourth-order valence-electron chi connectivity index (χ4n) is 1.54. The number of alkyl halides is 3. The SMILES string of the molecule is O=C(Oc1ccc(S)cc1)c1c(C(F)(F)F)ccnc1Cl. The van der Waals surface area contributed by atoms with Gasteiger partial charge in [0.25, 0.3) is 0 Å². The van der Waals surface area contributed by atoms with Crippen LogP contribution in [0.4, 0.5) is 13.2 Å². The summed E-state index contributed by atoms with van der Waals surface area (Å²) in [4.78, 5) is 16.0. The molecule has 0 spiro atoms. The number of aromatic nitrogens is 1. The zero-order valence-electron chi connectivity index (χ0n) is 10.2. The highest BCUT2D eigenvalue weighted by atomic mass is 35.5. The predicted molar refractivity (Wildman–Crippen MR) is 72.9 cm³/mol. The highest BCUT2D eigenvalue weighted by molar-refractivity contribution is 7.80. The number of hydrogen-bond donors (Lipinski definition) is 1. The first-order valence-electron chi connectivity index (χ1n) is 5.52. The van der Waals surface area contributed by atoms with E-state index in [0.29, 0.717) is 11.0 Å². The Morgan fingerprint density at radius 2 is 1.81 bits per heavy atom. The van der Waals surface area contributed by atoms with Gasteiger partial charge in [0.15, 0.2) is 0 Å². The van der Waals surface area contributed by atoms with Crippen LogP contribution in [0.15, 0.2) is 41.4 Å². The molecule has 0 radical (unpaired) electrons. The van der Waals surface area contributed by atoms with Crippen LogP contribution in [0.5, 0.6) is 5.75 Å². The van der Waals surface area contributed by atoms with Crippen molar-refractivity contribution < 1.29 is 22.7 Å². The number of hydrogen-bond acceptors (Lipinski definition) is 4. The van der Waals surface area contributed by atoms with Gasteiger partial charge in [-0.1, -0.05) is 11.6 Å². The van der Waals surface area contributed by atoms with Crippen molar-refractivity contribution in [2.24, 2.45) is 0 Å². The standard InChI is InChI=1S/C13H7ClF3NO2S/c14-11-10(9(5-6-18-11)13(15,16)17)12(19)20-7-1-3-8(21)4-2-7/h1-6,21H. The number of halogens is 4. The third-order valence-corrected chi connectivity index (χ3v) is 3.05. The number of esters is 1. The molecule has 0 aliphatic rings. The second-order valence-electron chi connectivity index (χ2n) is 3.91. The van der Waals surface area contributed by atoms with Gasteiger partial charge in [-0.2, -0.15) is 13.2 Å². The van der Waals surface area contributed by atoms with Crippen molar-refractivity contribution in [1.82, 2.24) is 4.98 Å². The molecular weight excluding hydrogens is 327 g/mol. The van der Waals surface area contributed by atoms with Gasteiger partial charge in [0.2, 0.25) is 0 Å². The minimum atomic E-state index is -4.74. The molecule has 0 saturated heterocycles. The van der Waals surface area contributed by atoms with Crippen LogP contribution >= 0.6 is 24.2 Å². The van der Waals surface area contributed by atoms with Crippen LogP contribution in [-0.4, -0.2) is 11.0 Å². The Labute approximate surface area is 128 Å². The largest absolute Gasteiger partial charge is 0.423 e. The molecule has 3 nitrogen and oxygen atoms in total. The zero-order valence-corrected chi connectivity index (χ0v) is 11.8. The van der Waals surface area contributed by atoms with Gasteiger partial charge in [0.05, 0.1) is 5.56 Å². The predicted octanol–water partition coefficient (Wildman–Crippen LogP) is 4.26. The summed E-state index contributed by atoms with van der Waals surface area (Å²) in [6.07, 6.45) is -3.87. The Balaban J connectivity index is 2.37. The van der Waals surface area contributed by atoms with Gasteiger partial charge >= 0.3 is 12.1 Å². The van der Waals surface area contributed by atoms with Crippen LogP contribution in [0.3, 0.4) is 0 Å². The smallest absolute Gasteiger partial charge is 0.417 e. The third-order valence-electron chi connectivity index (χ3n) is 2.46. The van der Waals surface area contributed by atoms with Gasteiger partial charge in [0.1, 0.15) is 16.5 Å². The average molecular weight is 334 g/mol. The molecule has 0 fully saturated rings. The number of benzene rings is 1. The van der Waals surface area contributed by atoms with Crippen molar-refractivity contribution in [2.45, 2.75) is 11.1 Å². The molecule has 0 atom stereocenters. The molecule has 110 valence electrons. The molecule has 2 rings (SSSR count). The highest BCUT2D eigenvalue weighted by Gasteiger charge is 2.37. The van der Waals surface area contributed by atoms with Crippen molar-refractivity contribution in [1.29, 1.82) is 0 Å². The molecule has 1 aromatic carbocycles. The van der Waals surface area contributed by atoms with Crippen LogP contribution in [0.1, 0.15) is 15.9 Å². The molecule has 0 saturated carbocycles. The van der Waals surface area contributed by atoms with Crippen molar-refractivity contribution in [3.8, 4) is 5.75 Å². The minimum absolute atomic E-state index is 0.0749. The van der Waals surface area contributed by atoms with Crippen LogP contribution in [0, 0.1) is 0 Å². The van der Waals surface area contributed by atoms with Crippen molar-refractivity contribution >= 4 is 30.2 Å². The average Bonchev–Trinajstić information content (AvgIpc) is 2.40. The quantitative estimate of drug-likeness (QED) is 0.386. The molecular formula is C13H7ClF3NO2S. The van der Waals surface area contributed by atoms with E-state index in [1.165, 1.54) is 24.3 Å². The van der Waals surface area contributed by atoms with Crippen LogP contribution in [-0.2, 0) is 6.18 Å². The van der Waals surface area contributed by atoms with Crippen LogP contribution in [0.2, 0.25) is 5.15 Å². The molecule has 1 heterocycles. The first kappa shape index (κ1) is 15.7. The maximum atomic E-state index is 12.9. The maximum Gasteiger partial charge on any atom is 0.417 e. The van der Waals surface area contributed by atoms with Gasteiger partial charge < -0.3 is 4.74 Å². The summed E-state index contributed by atoms with van der Waals surface area (Å²) < 4.78 is 43.5. The Bertz CT molecular complexity index is 674. The van der Waals surface area contributed by atoms with Gasteiger partial charge in [0, 0.05) is 11.1 Å². The minimum Gasteiger partial charge on any atom is -0.423 e. The fraction of sp³-hybridized carbons (Fsp3) is 0.0769. The Hall–Kier alpha value is -1.73. The Morgan fingerprint density at radius 1 is 1.19 bits per heavy atom. The summed E-state index contributed by atoms with van der Waals surface area (Å²) in [5.74, 6) is -1.15. The molecule has 0 bridgehead atoms. The van der Waals surface area contributed by atoms with Gasteiger partial charge in [-0.05, 0) is 30.3 Å². The molecule has 8 heteroatoms. The lowest BCUT2D eigenvalue weighted by Gasteiger charge is -2.12. The van der Waals surface area contributed by atoms with Crippen molar-refractivity contribution in [2.75, 3.05) is 0 Å². The lowest BCUT2D eigenvalue weighted by Crippen LogP contribution is -2.18. The van der Waals surface area contributed by atoms with E-state index in [4.69, 9.17) is 16.3 Å². The Kier molecular flexibility index (Phi) is 4.43. The Morgan fingerprint density at radius 3 is 2.38 bits per heavy atom. The molecule has 0 aliphatic carbocycles. The number of carbonyl (C=O) groups excluding carboxylic acids is 1. The number of pyridine rings is 1. The molecule has 21 heavy (non-hydrogen) atoms. The number of rotatable bonds is 2. The topological polar surface area (TPSA) is 39.2 Å². The van der Waals surface area contributed by atoms with E-state index in [1.807, 2.05) is 0 Å². The van der Waals surface area contributed by atoms with Crippen LogP contribution < -0.4 is 4.74 Å². The first-order chi connectivity index (χ1) is 9.79. The van der Waals surface area contributed by atoms with E-state index in [2.05, 4.69) is 17.6 Å². The monoisotopic (exact) mass is 333 g/mol. The maximum absolute atomic E-state index is 12.9. The summed E-state index contributed by atoms with van der Waals surface area (Å²) in [5.41, 5.74) is -2.01. The number of nitrogens with zero attached hydrogens (tertiary/aromatic N) is 1. The van der Waals surface area contributed by atoms with Crippen molar-refractivity contribution in [3.63, 3.8) is 0 Å².